The maximum Gasteiger partial charge on any atom is 0.323 e. The van der Waals surface area contributed by atoms with Gasteiger partial charge >= 0.3 is 6.03 Å². The Hall–Kier alpha value is -2.58. The zero-order valence-electron chi connectivity index (χ0n) is 16.9. The Labute approximate surface area is 179 Å². The lowest BCUT2D eigenvalue weighted by Crippen LogP contribution is -2.27. The van der Waals surface area contributed by atoms with Crippen molar-refractivity contribution in [3.05, 3.63) is 52.5 Å². The van der Waals surface area contributed by atoms with Gasteiger partial charge < -0.3 is 25.6 Å². The van der Waals surface area contributed by atoms with Gasteiger partial charge in [-0.15, -0.1) is 0 Å². The molecule has 0 atom stereocenters. The van der Waals surface area contributed by atoms with Crippen LogP contribution in [0, 0.1) is 0 Å². The number of urea groups is 1. The van der Waals surface area contributed by atoms with Gasteiger partial charge in [-0.1, -0.05) is 15.9 Å². The van der Waals surface area contributed by atoms with Gasteiger partial charge in [-0.2, -0.15) is 0 Å². The van der Waals surface area contributed by atoms with Crippen molar-refractivity contribution >= 4 is 44.9 Å². The highest BCUT2D eigenvalue weighted by atomic mass is 79.9. The molecule has 2 aromatic rings. The Morgan fingerprint density at radius 2 is 1.69 bits per heavy atom. The van der Waals surface area contributed by atoms with Crippen LogP contribution in [-0.4, -0.2) is 45.8 Å². The molecule has 2 aromatic carbocycles. The normalized spacial score (nSPS) is 10.3. The molecule has 0 radical (unpaired) electrons. The molecule has 0 aliphatic carbocycles. The predicted octanol–water partition coefficient (Wildman–Crippen LogP) is 4.32. The molecule has 3 N–H and O–H groups in total. The van der Waals surface area contributed by atoms with E-state index in [0.717, 1.165) is 16.6 Å². The van der Waals surface area contributed by atoms with Crippen LogP contribution < -0.4 is 20.9 Å². The highest BCUT2D eigenvalue weighted by Crippen LogP contribution is 2.23. The molecular weight excluding hydrogens is 436 g/mol. The first-order chi connectivity index (χ1) is 13.9. The number of ether oxygens (including phenoxy) is 1. The first-order valence-corrected chi connectivity index (χ1v) is 10.2. The zero-order chi connectivity index (χ0) is 21.2. The summed E-state index contributed by atoms with van der Waals surface area (Å²) in [6.45, 7) is 3.73. The highest BCUT2D eigenvalue weighted by Gasteiger charge is 2.14. The molecule has 0 fully saturated rings. The number of carbonyl (C=O) groups is 2. The molecular formula is C21H27BrN4O3. The van der Waals surface area contributed by atoms with Gasteiger partial charge in [0, 0.05) is 55.4 Å². The molecule has 29 heavy (non-hydrogen) atoms. The summed E-state index contributed by atoms with van der Waals surface area (Å²) in [5.74, 6) is -0.192. The van der Waals surface area contributed by atoms with Gasteiger partial charge in [0.1, 0.15) is 0 Å². The van der Waals surface area contributed by atoms with E-state index in [1.165, 1.54) is 0 Å². The van der Waals surface area contributed by atoms with Crippen LogP contribution >= 0.6 is 15.9 Å². The van der Waals surface area contributed by atoms with Gasteiger partial charge in [0.15, 0.2) is 0 Å². The minimum atomic E-state index is -0.381. The number of hydrogen-bond donors (Lipinski definition) is 3. The van der Waals surface area contributed by atoms with Crippen LogP contribution in [0.15, 0.2) is 46.9 Å². The second-order valence-corrected chi connectivity index (χ2v) is 7.43. The molecule has 0 aliphatic heterocycles. The average Bonchev–Trinajstić information content (AvgIpc) is 2.69. The third-order valence-corrected chi connectivity index (χ3v) is 4.57. The van der Waals surface area contributed by atoms with E-state index in [0.29, 0.717) is 36.7 Å². The molecule has 156 valence electrons. The summed E-state index contributed by atoms with van der Waals surface area (Å²) >= 11 is 3.36. The maximum absolute atomic E-state index is 12.7. The lowest BCUT2D eigenvalue weighted by molar-refractivity contribution is 0.0944. The Bertz CT molecular complexity index is 825. The van der Waals surface area contributed by atoms with E-state index in [1.807, 2.05) is 44.1 Å². The summed E-state index contributed by atoms with van der Waals surface area (Å²) in [6, 6.07) is 12.1. The Morgan fingerprint density at radius 3 is 2.34 bits per heavy atom. The van der Waals surface area contributed by atoms with Crippen LogP contribution in [0.5, 0.6) is 0 Å². The van der Waals surface area contributed by atoms with Crippen molar-refractivity contribution in [2.75, 3.05) is 49.4 Å². The van der Waals surface area contributed by atoms with Gasteiger partial charge in [0.05, 0.1) is 5.56 Å². The third kappa shape index (κ3) is 7.40. The topological polar surface area (TPSA) is 82.7 Å². The Balaban J connectivity index is 2.05. The van der Waals surface area contributed by atoms with E-state index in [9.17, 15) is 9.59 Å². The summed E-state index contributed by atoms with van der Waals surface area (Å²) in [5.41, 5.74) is 2.46. The van der Waals surface area contributed by atoms with Gasteiger partial charge in [-0.05, 0) is 55.8 Å². The molecule has 2 rings (SSSR count). The van der Waals surface area contributed by atoms with E-state index in [1.54, 1.807) is 24.3 Å². The monoisotopic (exact) mass is 462 g/mol. The van der Waals surface area contributed by atoms with Gasteiger partial charge in [0.2, 0.25) is 0 Å². The number of rotatable bonds is 9. The molecule has 0 spiro atoms. The molecule has 3 amide bonds. The van der Waals surface area contributed by atoms with E-state index >= 15 is 0 Å². The number of halogens is 1. The smallest absolute Gasteiger partial charge is 0.323 e. The summed E-state index contributed by atoms with van der Waals surface area (Å²) in [4.78, 5) is 26.8. The fraction of sp³-hybridized carbons (Fsp3) is 0.333. The van der Waals surface area contributed by atoms with Crippen molar-refractivity contribution in [1.29, 1.82) is 0 Å². The number of benzene rings is 2. The van der Waals surface area contributed by atoms with E-state index in [-0.39, 0.29) is 11.9 Å². The highest BCUT2D eigenvalue weighted by molar-refractivity contribution is 9.10. The lowest BCUT2D eigenvalue weighted by Gasteiger charge is -2.18. The summed E-state index contributed by atoms with van der Waals surface area (Å²) in [5, 5.41) is 8.43. The van der Waals surface area contributed by atoms with Crippen LogP contribution in [0.1, 0.15) is 23.7 Å². The number of hydrogen-bond acceptors (Lipinski definition) is 4. The quantitative estimate of drug-likeness (QED) is 0.484. The third-order valence-electron chi connectivity index (χ3n) is 4.04. The molecule has 0 unspecified atom stereocenters. The average molecular weight is 463 g/mol. The predicted molar refractivity (Wildman–Crippen MR) is 121 cm³/mol. The molecule has 0 saturated carbocycles. The number of nitrogens with zero attached hydrogens (tertiary/aromatic N) is 1. The summed E-state index contributed by atoms with van der Waals surface area (Å²) < 4.78 is 6.21. The molecule has 0 heterocycles. The Morgan fingerprint density at radius 1 is 1.03 bits per heavy atom. The minimum Gasteiger partial charge on any atom is -0.382 e. The first kappa shape index (κ1) is 22.7. The van der Waals surface area contributed by atoms with Crippen LogP contribution in [0.2, 0.25) is 0 Å². The molecule has 0 aromatic heterocycles. The molecule has 8 heteroatoms. The van der Waals surface area contributed by atoms with Crippen LogP contribution in [0.25, 0.3) is 0 Å². The molecule has 7 nitrogen and oxygen atoms in total. The SMILES string of the molecule is CCOCCCNC(=O)c1cc(NC(=O)Nc2ccc(Br)cc2)ccc1N(C)C. The number of amides is 3. The fourth-order valence-corrected chi connectivity index (χ4v) is 2.89. The number of carbonyl (C=O) groups excluding carboxylic acids is 2. The van der Waals surface area contributed by atoms with Crippen molar-refractivity contribution in [1.82, 2.24) is 5.32 Å². The van der Waals surface area contributed by atoms with Crippen molar-refractivity contribution in [3.63, 3.8) is 0 Å². The zero-order valence-corrected chi connectivity index (χ0v) is 18.5. The minimum absolute atomic E-state index is 0.192. The van der Waals surface area contributed by atoms with Crippen molar-refractivity contribution in [2.45, 2.75) is 13.3 Å². The first-order valence-electron chi connectivity index (χ1n) is 9.41. The second-order valence-electron chi connectivity index (χ2n) is 6.52. The van der Waals surface area contributed by atoms with E-state index in [4.69, 9.17) is 4.74 Å². The molecule has 0 saturated heterocycles. The van der Waals surface area contributed by atoms with Crippen LogP contribution in [0.3, 0.4) is 0 Å². The largest absolute Gasteiger partial charge is 0.382 e. The standard InChI is InChI=1S/C21H27BrN4O3/c1-4-29-13-5-12-23-20(27)18-14-17(10-11-19(18)26(2)3)25-21(28)24-16-8-6-15(22)7-9-16/h6-11,14H,4-5,12-13H2,1-3H3,(H,23,27)(H2,24,25,28). The Kier molecular flexibility index (Phi) is 8.95. The van der Waals surface area contributed by atoms with E-state index < -0.39 is 0 Å². The van der Waals surface area contributed by atoms with Gasteiger partial charge in [-0.3, -0.25) is 4.79 Å². The molecule has 0 bridgehead atoms. The van der Waals surface area contributed by atoms with Gasteiger partial charge in [0.25, 0.3) is 5.91 Å². The maximum atomic E-state index is 12.7. The number of anilines is 3. The molecule has 0 aliphatic rings. The van der Waals surface area contributed by atoms with Gasteiger partial charge in [-0.25, -0.2) is 4.79 Å². The number of nitrogens with one attached hydrogen (secondary N) is 3. The lowest BCUT2D eigenvalue weighted by atomic mass is 10.1. The second kappa shape index (κ2) is 11.4. The van der Waals surface area contributed by atoms with Crippen molar-refractivity contribution in [3.8, 4) is 0 Å². The summed E-state index contributed by atoms with van der Waals surface area (Å²) in [7, 11) is 3.74. The van der Waals surface area contributed by atoms with Crippen molar-refractivity contribution < 1.29 is 14.3 Å². The summed E-state index contributed by atoms with van der Waals surface area (Å²) in [6.07, 6.45) is 0.740. The van der Waals surface area contributed by atoms with Crippen LogP contribution in [-0.2, 0) is 4.74 Å². The van der Waals surface area contributed by atoms with Crippen molar-refractivity contribution in [2.24, 2.45) is 0 Å². The van der Waals surface area contributed by atoms with E-state index in [2.05, 4.69) is 31.9 Å². The fourth-order valence-electron chi connectivity index (χ4n) is 2.63. The van der Waals surface area contributed by atoms with Crippen LogP contribution in [0.4, 0.5) is 21.9 Å².